The second kappa shape index (κ2) is 11.8. The number of hydrogen-bond acceptors (Lipinski definition) is 6. The van der Waals surface area contributed by atoms with Gasteiger partial charge in [-0.1, -0.05) is 13.8 Å². The van der Waals surface area contributed by atoms with Crippen LogP contribution in [0.3, 0.4) is 0 Å². The molecule has 0 unspecified atom stereocenters. The smallest absolute Gasteiger partial charge is 0.383 e. The maximum Gasteiger partial charge on any atom is 0.469 e. The number of phosphoric acid groups is 1. The number of hydrogen-bond donors (Lipinski definition) is 6. The fraction of sp³-hybridized carbons (Fsp3) is 0.818. The molecule has 0 bridgehead atoms. The van der Waals surface area contributed by atoms with Gasteiger partial charge in [0, 0.05) is 60.2 Å². The second-order valence-corrected chi connectivity index (χ2v) is 6.96. The molecule has 0 aliphatic rings. The molecule has 0 fully saturated rings. The molecule has 0 spiro atoms. The normalized spacial score (nSPS) is 13.0. The van der Waals surface area contributed by atoms with E-state index in [2.05, 4.69) is 27.8 Å². The second-order valence-electron chi connectivity index (χ2n) is 5.27. The summed E-state index contributed by atoms with van der Waals surface area (Å²) in [5.41, 5.74) is -1.21. The first-order valence-electron chi connectivity index (χ1n) is 6.53. The topological polar surface area (TPSA) is 145 Å². The summed E-state index contributed by atoms with van der Waals surface area (Å²) in [5.74, 6) is -0.501. The Morgan fingerprint density at radius 2 is 1.83 bits per heavy atom. The van der Waals surface area contributed by atoms with Crippen molar-refractivity contribution in [1.82, 2.24) is 10.6 Å². The molecule has 12 heteroatoms. The number of aliphatic hydroxyl groups is 1. The number of amides is 2. The first kappa shape index (κ1) is 25.6. The van der Waals surface area contributed by atoms with Crippen molar-refractivity contribution in [3.63, 3.8) is 0 Å². The van der Waals surface area contributed by atoms with Crippen molar-refractivity contribution in [1.29, 1.82) is 0 Å². The van der Waals surface area contributed by atoms with Crippen molar-refractivity contribution in [3.05, 3.63) is 0 Å². The fourth-order valence-corrected chi connectivity index (χ4v) is 1.98. The summed E-state index contributed by atoms with van der Waals surface area (Å²) in [5, 5.41) is 14.8. The monoisotopic (exact) mass is 381 g/mol. The Hall–Kier alpha value is 0.360. The zero-order valence-electron chi connectivity index (χ0n) is 13.5. The van der Waals surface area contributed by atoms with Crippen LogP contribution < -0.4 is 10.6 Å². The quantitative estimate of drug-likeness (QED) is 0.156. The molecule has 0 aliphatic carbocycles. The van der Waals surface area contributed by atoms with E-state index in [0.29, 0.717) is 12.3 Å². The van der Waals surface area contributed by atoms with Gasteiger partial charge in [0.05, 0.1) is 6.61 Å². The van der Waals surface area contributed by atoms with Crippen LogP contribution in [0.15, 0.2) is 0 Å². The molecule has 9 nitrogen and oxygen atoms in total. The van der Waals surface area contributed by atoms with Crippen molar-refractivity contribution in [3.8, 4) is 0 Å². The Labute approximate surface area is 162 Å². The summed E-state index contributed by atoms with van der Waals surface area (Å²) in [6.45, 7) is 2.79. The molecular formula is C11H23N2NaO7PS. The van der Waals surface area contributed by atoms with E-state index in [1.807, 2.05) is 0 Å². The predicted molar refractivity (Wildman–Crippen MR) is 88.0 cm³/mol. The average Bonchev–Trinajstić information content (AvgIpc) is 2.41. The minimum atomic E-state index is -4.68. The molecule has 0 saturated heterocycles. The molecule has 2 amide bonds. The number of nitrogens with one attached hydrogen (secondary N) is 2. The standard InChI is InChI=1S/C11H23N2O7PS.Na/c1-11(2,7-20-21(17,18)19)9(15)10(16)13-4-3-8(14)12-5-6-22;/h9,15,22H,3-7H2,1-2H3,(H,12,14)(H,13,16)(H2,17,18,19);/t9-;/m0./s1. The third kappa shape index (κ3) is 12.4. The maximum atomic E-state index is 11.8. The van der Waals surface area contributed by atoms with E-state index in [0.717, 1.165) is 0 Å². The van der Waals surface area contributed by atoms with Gasteiger partial charge >= 0.3 is 7.82 Å². The summed E-state index contributed by atoms with van der Waals surface area (Å²) in [7, 11) is -4.68. The van der Waals surface area contributed by atoms with E-state index in [4.69, 9.17) is 9.79 Å². The van der Waals surface area contributed by atoms with Crippen molar-refractivity contribution in [2.45, 2.75) is 26.4 Å². The molecule has 5 N–H and O–H groups in total. The van der Waals surface area contributed by atoms with E-state index in [1.165, 1.54) is 13.8 Å². The maximum absolute atomic E-state index is 11.8. The van der Waals surface area contributed by atoms with E-state index in [9.17, 15) is 19.3 Å². The SMILES string of the molecule is CC(C)(COP(=O)(O)O)[C@@H](O)C(=O)NCCC(=O)NCCS.[Na]. The Morgan fingerprint density at radius 1 is 1.26 bits per heavy atom. The van der Waals surface area contributed by atoms with Crippen LogP contribution in [-0.4, -0.2) is 87.8 Å². The minimum Gasteiger partial charge on any atom is -0.383 e. The Balaban J connectivity index is 0. The van der Waals surface area contributed by atoms with Gasteiger partial charge in [-0.25, -0.2) is 4.57 Å². The molecule has 0 rings (SSSR count). The molecule has 0 aliphatic heterocycles. The van der Waals surface area contributed by atoms with Gasteiger partial charge in [0.1, 0.15) is 6.10 Å². The number of carbonyl (C=O) groups is 2. The summed E-state index contributed by atoms with van der Waals surface area (Å²) < 4.78 is 15.0. The minimum absolute atomic E-state index is 0. The van der Waals surface area contributed by atoms with Crippen LogP contribution in [0.2, 0.25) is 0 Å². The van der Waals surface area contributed by atoms with Crippen LogP contribution >= 0.6 is 20.5 Å². The van der Waals surface area contributed by atoms with Gasteiger partial charge in [0.2, 0.25) is 11.8 Å². The zero-order valence-corrected chi connectivity index (χ0v) is 17.3. The number of aliphatic hydroxyl groups excluding tert-OH is 1. The fourth-order valence-electron chi connectivity index (χ4n) is 1.36. The zero-order chi connectivity index (χ0) is 17.4. The Kier molecular flexibility index (Phi) is 13.2. The van der Waals surface area contributed by atoms with E-state index < -0.39 is 31.9 Å². The Morgan fingerprint density at radius 3 is 2.30 bits per heavy atom. The van der Waals surface area contributed by atoms with Gasteiger partial charge in [-0.05, 0) is 0 Å². The molecule has 0 heterocycles. The number of thiol groups is 1. The summed E-state index contributed by atoms with van der Waals surface area (Å²) >= 11 is 3.93. The molecule has 1 radical (unpaired) electrons. The summed E-state index contributed by atoms with van der Waals surface area (Å²) in [4.78, 5) is 40.3. The van der Waals surface area contributed by atoms with Crippen LogP contribution in [0.5, 0.6) is 0 Å². The summed E-state index contributed by atoms with van der Waals surface area (Å²) in [6, 6.07) is 0. The van der Waals surface area contributed by atoms with Gasteiger partial charge < -0.3 is 25.5 Å². The van der Waals surface area contributed by atoms with Crippen LogP contribution in [0.4, 0.5) is 0 Å². The molecular weight excluding hydrogens is 358 g/mol. The molecule has 0 aromatic rings. The van der Waals surface area contributed by atoms with Crippen LogP contribution in [-0.2, 0) is 18.7 Å². The van der Waals surface area contributed by atoms with Crippen LogP contribution in [0.1, 0.15) is 20.3 Å². The largest absolute Gasteiger partial charge is 0.469 e. The van der Waals surface area contributed by atoms with Crippen molar-refractivity contribution < 1.29 is 33.6 Å². The first-order chi connectivity index (χ1) is 9.99. The van der Waals surface area contributed by atoms with E-state index in [1.54, 1.807) is 0 Å². The van der Waals surface area contributed by atoms with Gasteiger partial charge in [0.25, 0.3) is 0 Å². The van der Waals surface area contributed by atoms with E-state index >= 15 is 0 Å². The van der Waals surface area contributed by atoms with Gasteiger partial charge in [-0.3, -0.25) is 14.1 Å². The summed E-state index contributed by atoms with van der Waals surface area (Å²) in [6.07, 6.45) is -1.49. The Bertz CT molecular complexity index is 433. The molecule has 131 valence electrons. The van der Waals surface area contributed by atoms with Crippen molar-refractivity contribution >= 4 is 61.8 Å². The molecule has 1 atom stereocenters. The van der Waals surface area contributed by atoms with E-state index in [-0.39, 0.29) is 48.4 Å². The number of carbonyl (C=O) groups excluding carboxylic acids is 2. The number of rotatable bonds is 10. The molecule has 0 saturated carbocycles. The molecule has 0 aromatic heterocycles. The van der Waals surface area contributed by atoms with Gasteiger partial charge in [-0.2, -0.15) is 12.6 Å². The number of phosphoric ester groups is 1. The van der Waals surface area contributed by atoms with Crippen molar-refractivity contribution in [2.24, 2.45) is 5.41 Å². The third-order valence-corrected chi connectivity index (χ3v) is 3.37. The predicted octanol–water partition coefficient (Wildman–Crippen LogP) is -1.35. The van der Waals surface area contributed by atoms with Crippen molar-refractivity contribution in [2.75, 3.05) is 25.4 Å². The third-order valence-electron chi connectivity index (χ3n) is 2.68. The van der Waals surface area contributed by atoms with Crippen LogP contribution in [0.25, 0.3) is 0 Å². The van der Waals surface area contributed by atoms with Gasteiger partial charge in [-0.15, -0.1) is 0 Å². The average molecular weight is 381 g/mol. The molecule has 23 heavy (non-hydrogen) atoms. The first-order valence-corrected chi connectivity index (χ1v) is 8.69. The van der Waals surface area contributed by atoms with Crippen LogP contribution in [0, 0.1) is 5.41 Å². The molecule has 0 aromatic carbocycles. The van der Waals surface area contributed by atoms with Gasteiger partial charge in [0.15, 0.2) is 0 Å².